The summed E-state index contributed by atoms with van der Waals surface area (Å²) >= 11 is 0. The number of fused-ring (bicyclic) bond motifs is 5. The molecule has 0 aromatic rings. The van der Waals surface area contributed by atoms with Gasteiger partial charge in [0.2, 0.25) is 0 Å². The fourth-order valence-corrected chi connectivity index (χ4v) is 16.1. The Morgan fingerprint density at radius 1 is 0.640 bits per heavy atom. The average Bonchev–Trinajstić information content (AvgIpc) is 1.34. The van der Waals surface area contributed by atoms with Crippen molar-refractivity contribution in [2.75, 3.05) is 35.0 Å². The van der Waals surface area contributed by atoms with Gasteiger partial charge in [-0.3, -0.25) is 4.79 Å². The zero-order valence-electron chi connectivity index (χ0n) is 52.6. The molecule has 0 radical (unpaired) electrons. The number of ether oxygens (including phenoxy) is 15. The molecule has 5 aliphatic heterocycles. The Balaban J connectivity index is 0.779. The van der Waals surface area contributed by atoms with E-state index < -0.39 is 187 Å². The monoisotopic (exact) mass is 1230 g/mol. The number of aliphatic hydroxyl groups is 7. The van der Waals surface area contributed by atoms with Crippen LogP contribution in [0.3, 0.4) is 0 Å². The summed E-state index contributed by atoms with van der Waals surface area (Å²) in [6, 6.07) is 0. The van der Waals surface area contributed by atoms with Crippen molar-refractivity contribution in [3.05, 3.63) is 23.3 Å². The first-order valence-corrected chi connectivity index (χ1v) is 31.1. The van der Waals surface area contributed by atoms with Crippen LogP contribution in [0.25, 0.3) is 0 Å². The Labute approximate surface area is 505 Å². The summed E-state index contributed by atoms with van der Waals surface area (Å²) in [5, 5.41) is 79.0. The van der Waals surface area contributed by atoms with Crippen LogP contribution in [0, 0.1) is 22.7 Å². The van der Waals surface area contributed by atoms with Gasteiger partial charge in [-0.1, -0.05) is 38.0 Å². The van der Waals surface area contributed by atoms with E-state index in [1.165, 1.54) is 20.1 Å². The number of allylic oxidation sites excluding steroid dienone is 1. The molecule has 0 bridgehead atoms. The maximum absolute atomic E-state index is 13.6. The zero-order valence-corrected chi connectivity index (χ0v) is 52.6. The maximum Gasteiger partial charge on any atom is 0.330 e. The number of aliphatic hydroxyl groups excluding tert-OH is 4. The summed E-state index contributed by atoms with van der Waals surface area (Å²) < 4.78 is 94.3. The third kappa shape index (κ3) is 12.4. The second-order valence-corrected chi connectivity index (χ2v) is 26.7. The summed E-state index contributed by atoms with van der Waals surface area (Å²) in [5.41, 5.74) is -6.22. The van der Waals surface area contributed by atoms with Crippen LogP contribution < -0.4 is 0 Å². The van der Waals surface area contributed by atoms with E-state index >= 15 is 0 Å². The topological polar surface area (TPSA) is 314 Å². The summed E-state index contributed by atoms with van der Waals surface area (Å²) in [7, 11) is 6.35. The van der Waals surface area contributed by atoms with Gasteiger partial charge in [-0.25, -0.2) is 4.79 Å². The van der Waals surface area contributed by atoms with Crippen molar-refractivity contribution >= 4 is 11.8 Å². The molecule has 24 heteroatoms. The van der Waals surface area contributed by atoms with Crippen molar-refractivity contribution in [1.29, 1.82) is 0 Å². The molecule has 5 saturated heterocycles. The zero-order chi connectivity index (χ0) is 62.7. The van der Waals surface area contributed by atoms with Crippen LogP contribution >= 0.6 is 0 Å². The molecule has 0 amide bonds. The van der Waals surface area contributed by atoms with E-state index in [0.29, 0.717) is 38.5 Å². The summed E-state index contributed by atoms with van der Waals surface area (Å²) in [4.78, 5) is 27.0. The van der Waals surface area contributed by atoms with E-state index in [0.717, 1.165) is 11.1 Å². The van der Waals surface area contributed by atoms with Crippen LogP contribution in [0.1, 0.15) is 140 Å². The highest BCUT2D eigenvalue weighted by Crippen LogP contribution is 2.71. The lowest BCUT2D eigenvalue weighted by atomic mass is 9.42. The van der Waals surface area contributed by atoms with Crippen LogP contribution in [-0.2, 0) is 80.6 Å². The van der Waals surface area contributed by atoms with Gasteiger partial charge in [0, 0.05) is 66.1 Å². The largest absolute Gasteiger partial charge is 0.458 e. The predicted octanol–water partition coefficient (Wildman–Crippen LogP) is 2.95. The summed E-state index contributed by atoms with van der Waals surface area (Å²) in [5.74, 6) is -1.67. The predicted molar refractivity (Wildman–Crippen MR) is 301 cm³/mol. The van der Waals surface area contributed by atoms with Gasteiger partial charge in [0.1, 0.15) is 71.7 Å². The standard InChI is InChI=1S/C62H100O24/c1-29(2)30(3)21-45(65)82-44-27-43-58(9)17-16-37(22-36(58)15-18-61(43,70)62(71)20-19-60(69,35(8)64)59(44,62)10)80-46-23-38(72-11)53(31(4)76-46)83-47-24-39(73-12)54(32(5)77-47)84-48-25-40(74-13)55(33(6)78-48)85-49-26-41(75-14)56(34(7)79-49)86-57-52(68)51(67)50(66)42(28-63)81-57/h15,21,29,31-34,37-44,46-57,63,66-71H,16-20,22-28H2,1-14H3/b30-21+/t31-,32+,33-,34+,37+,38+,39+,40+,41-,42-,43-,44-,46+,47+,48+,49+,50-,51+,52-,53-,54-,55-,56+,57+,58+,59-,60-,61+,62-/m1/s1. The van der Waals surface area contributed by atoms with E-state index in [9.17, 15) is 45.3 Å². The maximum atomic E-state index is 13.6. The Hall–Kier alpha value is -2.22. The molecule has 24 nitrogen and oxygen atoms in total. The smallest absolute Gasteiger partial charge is 0.330 e. The Bertz CT molecular complexity index is 2390. The van der Waals surface area contributed by atoms with Gasteiger partial charge in [-0.15, -0.1) is 0 Å². The first-order chi connectivity index (χ1) is 40.5. The summed E-state index contributed by atoms with van der Waals surface area (Å²) in [6.45, 7) is 17.6. The van der Waals surface area contributed by atoms with Crippen molar-refractivity contribution in [3.63, 3.8) is 0 Å². The number of methoxy groups -OCH3 is 4. The summed E-state index contributed by atoms with van der Waals surface area (Å²) in [6.07, 6.45) is -11.6. The van der Waals surface area contributed by atoms with Gasteiger partial charge in [0.05, 0.1) is 67.0 Å². The third-order valence-electron chi connectivity index (χ3n) is 21.7. The Kier molecular flexibility index (Phi) is 21.2. The van der Waals surface area contributed by atoms with E-state index in [4.69, 9.17) is 71.1 Å². The second-order valence-electron chi connectivity index (χ2n) is 26.7. The molecule has 492 valence electrons. The molecule has 7 N–H and O–H groups in total. The molecule has 8 fully saturated rings. The van der Waals surface area contributed by atoms with E-state index in [-0.39, 0.29) is 44.1 Å². The number of ketones is 1. The van der Waals surface area contributed by atoms with Gasteiger partial charge in [0.15, 0.2) is 37.2 Å². The normalized spacial score (nSPS) is 50.0. The number of carbonyl (C=O) groups excluding carboxylic acids is 2. The van der Waals surface area contributed by atoms with Crippen LogP contribution in [0.2, 0.25) is 0 Å². The lowest BCUT2D eigenvalue weighted by Crippen LogP contribution is -2.78. The van der Waals surface area contributed by atoms with Gasteiger partial charge in [-0.05, 0) is 105 Å². The van der Waals surface area contributed by atoms with Gasteiger partial charge in [0.25, 0.3) is 0 Å². The number of esters is 1. The first-order valence-electron chi connectivity index (χ1n) is 31.1. The fraction of sp³-hybridized carbons (Fsp3) is 0.903. The van der Waals surface area contributed by atoms with Crippen molar-refractivity contribution in [2.45, 2.75) is 298 Å². The molecule has 0 spiro atoms. The lowest BCUT2D eigenvalue weighted by Gasteiger charge is -2.67. The van der Waals surface area contributed by atoms with Crippen LogP contribution in [0.5, 0.6) is 0 Å². The van der Waals surface area contributed by atoms with E-state index in [1.54, 1.807) is 35.2 Å². The average molecular weight is 1230 g/mol. The molecule has 0 unspecified atom stereocenters. The lowest BCUT2D eigenvalue weighted by molar-refractivity contribution is -0.358. The minimum Gasteiger partial charge on any atom is -0.458 e. The van der Waals surface area contributed by atoms with Crippen LogP contribution in [0.15, 0.2) is 23.3 Å². The Morgan fingerprint density at radius 2 is 1.10 bits per heavy atom. The van der Waals surface area contributed by atoms with Crippen molar-refractivity contribution in [1.82, 2.24) is 0 Å². The van der Waals surface area contributed by atoms with Crippen molar-refractivity contribution < 1.29 is 116 Å². The highest BCUT2D eigenvalue weighted by Gasteiger charge is 2.81. The third-order valence-corrected chi connectivity index (χ3v) is 21.7. The van der Waals surface area contributed by atoms with Gasteiger partial charge in [-0.2, -0.15) is 0 Å². The number of hydrogen-bond acceptors (Lipinski definition) is 24. The van der Waals surface area contributed by atoms with Gasteiger partial charge < -0.3 is 107 Å². The molecule has 3 saturated carbocycles. The second kappa shape index (κ2) is 26.8. The highest BCUT2D eigenvalue weighted by atomic mass is 16.8. The molecular weight excluding hydrogens is 1130 g/mol. The molecule has 0 aromatic heterocycles. The van der Waals surface area contributed by atoms with Gasteiger partial charge >= 0.3 is 5.97 Å². The molecule has 9 rings (SSSR count). The van der Waals surface area contributed by atoms with E-state index in [1.807, 2.05) is 47.6 Å². The number of rotatable bonds is 19. The molecular formula is C62H100O24. The molecule has 9 aliphatic rings. The first kappa shape index (κ1) is 68.2. The molecule has 86 heavy (non-hydrogen) atoms. The van der Waals surface area contributed by atoms with Crippen molar-refractivity contribution in [3.8, 4) is 0 Å². The number of hydrogen-bond donors (Lipinski definition) is 7. The van der Waals surface area contributed by atoms with Crippen LogP contribution in [-0.4, -0.2) is 241 Å². The molecule has 0 aromatic carbocycles. The number of carbonyl (C=O) groups is 2. The fourth-order valence-electron chi connectivity index (χ4n) is 16.1. The SMILES string of the molecule is CO[C@H]1C[C@H](O[C@H]2[C@@H](OC)C[C@H](O[C@H]3CC[C@@]4(C)C(=CC[C@]5(O)[C@@H]4C[C@@H](OC(=O)/C=C(\C)C(C)C)[C@@]4(C)[C@]5(O)CC[C@@]4(O)C(C)=O)C3)O[C@@H]2C)O[C@@H](C)[C@H]1O[C@H]1C[C@H](OC)[C@H](O[C@H]2C[C@@H](OC)[C@@H](O[C@@H]3O[C@H](CO)[C@@H](O)[C@H](O)[C@H]3O)[C@H](C)O2)[C@@H](C)O1. The molecule has 29 atom stereocenters. The highest BCUT2D eigenvalue weighted by molar-refractivity contribution is 5.87. The Morgan fingerprint density at radius 3 is 1.55 bits per heavy atom. The van der Waals surface area contributed by atoms with Crippen LogP contribution in [0.4, 0.5) is 0 Å². The number of Topliss-reactive ketones (excluding diaryl/α,β-unsaturated/α-hetero) is 1. The minimum absolute atomic E-state index is 0.0490. The van der Waals surface area contributed by atoms with E-state index in [2.05, 4.69) is 6.92 Å². The quantitative estimate of drug-likeness (QED) is 0.0555. The molecule has 5 heterocycles. The van der Waals surface area contributed by atoms with Crippen molar-refractivity contribution in [2.24, 2.45) is 22.7 Å². The minimum atomic E-state index is -2.04. The molecule has 4 aliphatic carbocycles.